The molecule has 0 radical (unpaired) electrons. The molecule has 0 amide bonds. The first-order chi connectivity index (χ1) is 9.75. The lowest BCUT2D eigenvalue weighted by molar-refractivity contribution is -0.137. The van der Waals surface area contributed by atoms with Crippen LogP contribution in [0.3, 0.4) is 0 Å². The van der Waals surface area contributed by atoms with E-state index in [0.29, 0.717) is 24.2 Å². The number of aromatic nitrogens is 2. The molecule has 6 heteroatoms. The third-order valence-corrected chi connectivity index (χ3v) is 3.68. The molecule has 2 N–H and O–H groups in total. The molecule has 0 bridgehead atoms. The van der Waals surface area contributed by atoms with Crippen molar-refractivity contribution in [1.29, 1.82) is 0 Å². The number of benzene rings is 1. The Labute approximate surface area is 121 Å². The van der Waals surface area contributed by atoms with Crippen LogP contribution in [0.2, 0.25) is 0 Å². The zero-order valence-electron chi connectivity index (χ0n) is 12.3. The van der Waals surface area contributed by atoms with Gasteiger partial charge in [0.2, 0.25) is 0 Å². The molecule has 0 spiro atoms. The van der Waals surface area contributed by atoms with Crippen LogP contribution in [0.5, 0.6) is 0 Å². The van der Waals surface area contributed by atoms with Gasteiger partial charge in [0.25, 0.3) is 0 Å². The van der Waals surface area contributed by atoms with Crippen LogP contribution in [0.4, 0.5) is 13.2 Å². The van der Waals surface area contributed by atoms with Gasteiger partial charge >= 0.3 is 6.18 Å². The van der Waals surface area contributed by atoms with E-state index in [1.807, 2.05) is 6.92 Å². The van der Waals surface area contributed by atoms with Crippen LogP contribution in [-0.2, 0) is 12.6 Å². The van der Waals surface area contributed by atoms with Gasteiger partial charge in [-0.05, 0) is 57.0 Å². The third-order valence-electron chi connectivity index (χ3n) is 3.68. The highest BCUT2D eigenvalue weighted by Gasteiger charge is 2.35. The van der Waals surface area contributed by atoms with Crippen molar-refractivity contribution in [3.63, 3.8) is 0 Å². The highest BCUT2D eigenvalue weighted by Crippen LogP contribution is 2.35. The highest BCUT2D eigenvalue weighted by molar-refractivity contribution is 5.47. The van der Waals surface area contributed by atoms with E-state index in [1.54, 1.807) is 19.9 Å². The Bertz CT molecular complexity index is 657. The summed E-state index contributed by atoms with van der Waals surface area (Å²) >= 11 is 0. The van der Waals surface area contributed by atoms with E-state index >= 15 is 0 Å². The Hall–Kier alpha value is -1.82. The van der Waals surface area contributed by atoms with Crippen molar-refractivity contribution < 1.29 is 13.2 Å². The predicted octanol–water partition coefficient (Wildman–Crippen LogP) is 3.32. The summed E-state index contributed by atoms with van der Waals surface area (Å²) in [6.45, 7) is 5.72. The fourth-order valence-corrected chi connectivity index (χ4v) is 2.27. The molecule has 0 unspecified atom stereocenters. The van der Waals surface area contributed by atoms with Crippen molar-refractivity contribution in [2.24, 2.45) is 5.73 Å². The minimum absolute atomic E-state index is 0.0528. The number of hydrogen-bond donors (Lipinski definition) is 1. The summed E-state index contributed by atoms with van der Waals surface area (Å²) in [6.07, 6.45) is -4.01. The summed E-state index contributed by atoms with van der Waals surface area (Å²) in [5.41, 5.74) is 7.70. The van der Waals surface area contributed by atoms with Crippen molar-refractivity contribution in [3.8, 4) is 5.69 Å². The molecule has 114 valence electrons. The number of hydrogen-bond acceptors (Lipinski definition) is 2. The van der Waals surface area contributed by atoms with Crippen LogP contribution in [0.1, 0.15) is 28.1 Å². The van der Waals surface area contributed by atoms with Crippen LogP contribution in [0.15, 0.2) is 18.2 Å². The molecule has 0 aliphatic heterocycles. The van der Waals surface area contributed by atoms with Gasteiger partial charge in [-0.15, -0.1) is 0 Å². The number of nitrogens with zero attached hydrogens (tertiary/aromatic N) is 2. The van der Waals surface area contributed by atoms with Gasteiger partial charge in [-0.1, -0.05) is 6.07 Å². The summed E-state index contributed by atoms with van der Waals surface area (Å²) in [7, 11) is 0. The topological polar surface area (TPSA) is 43.8 Å². The zero-order chi connectivity index (χ0) is 15.8. The van der Waals surface area contributed by atoms with Crippen LogP contribution in [0, 0.1) is 20.8 Å². The maximum Gasteiger partial charge on any atom is 0.418 e. The number of halogens is 3. The van der Waals surface area contributed by atoms with Gasteiger partial charge in [0, 0.05) is 5.69 Å². The van der Waals surface area contributed by atoms with E-state index in [9.17, 15) is 13.2 Å². The van der Waals surface area contributed by atoms with Gasteiger partial charge in [-0.3, -0.25) is 0 Å². The minimum atomic E-state index is -4.43. The lowest BCUT2D eigenvalue weighted by Crippen LogP contribution is -2.14. The lowest BCUT2D eigenvalue weighted by atomic mass is 10.1. The van der Waals surface area contributed by atoms with Crippen LogP contribution in [-0.4, -0.2) is 16.3 Å². The number of nitrogens with two attached hydrogens (primary N) is 1. The first-order valence-corrected chi connectivity index (χ1v) is 6.69. The molecular formula is C15H18F3N3. The molecule has 2 aromatic rings. The van der Waals surface area contributed by atoms with Gasteiger partial charge in [-0.2, -0.15) is 18.3 Å². The maximum atomic E-state index is 13.3. The number of aryl methyl sites for hydroxylation is 1. The molecular weight excluding hydrogens is 279 g/mol. The summed E-state index contributed by atoms with van der Waals surface area (Å²) in [6, 6.07) is 4.30. The van der Waals surface area contributed by atoms with Gasteiger partial charge in [0.1, 0.15) is 0 Å². The Morgan fingerprint density at radius 3 is 2.33 bits per heavy atom. The van der Waals surface area contributed by atoms with E-state index < -0.39 is 11.7 Å². The molecule has 1 aromatic carbocycles. The van der Waals surface area contributed by atoms with Gasteiger partial charge < -0.3 is 5.73 Å². The molecule has 21 heavy (non-hydrogen) atoms. The van der Waals surface area contributed by atoms with Crippen LogP contribution < -0.4 is 5.73 Å². The van der Waals surface area contributed by atoms with Gasteiger partial charge in [-0.25, -0.2) is 4.68 Å². The summed E-state index contributed by atoms with van der Waals surface area (Å²) < 4.78 is 41.3. The molecule has 0 saturated carbocycles. The molecule has 3 nitrogen and oxygen atoms in total. The monoisotopic (exact) mass is 297 g/mol. The maximum absolute atomic E-state index is 13.3. The van der Waals surface area contributed by atoms with Gasteiger partial charge in [0.15, 0.2) is 0 Å². The van der Waals surface area contributed by atoms with E-state index in [2.05, 4.69) is 5.10 Å². The SMILES string of the molecule is Cc1nn(-c2ccc(CCN)cc2C(F)(F)F)c(C)c1C. The Morgan fingerprint density at radius 1 is 1.19 bits per heavy atom. The normalized spacial score (nSPS) is 12.0. The van der Waals surface area contributed by atoms with Crippen molar-refractivity contribution in [3.05, 3.63) is 46.3 Å². The largest absolute Gasteiger partial charge is 0.418 e. The Morgan fingerprint density at radius 2 is 1.86 bits per heavy atom. The smallest absolute Gasteiger partial charge is 0.330 e. The zero-order valence-corrected chi connectivity index (χ0v) is 12.3. The second kappa shape index (κ2) is 5.52. The number of alkyl halides is 3. The molecule has 0 aliphatic rings. The fourth-order valence-electron chi connectivity index (χ4n) is 2.27. The molecule has 0 saturated heterocycles. The third kappa shape index (κ3) is 2.95. The highest BCUT2D eigenvalue weighted by atomic mass is 19.4. The Kier molecular flexibility index (Phi) is 4.09. The molecule has 0 atom stereocenters. The van der Waals surface area contributed by atoms with E-state index in [1.165, 1.54) is 10.7 Å². The van der Waals surface area contributed by atoms with E-state index in [-0.39, 0.29) is 5.69 Å². The molecule has 0 fully saturated rings. The number of rotatable bonds is 3. The van der Waals surface area contributed by atoms with Gasteiger partial charge in [0.05, 0.1) is 16.9 Å². The molecule has 1 heterocycles. The molecule has 1 aromatic heterocycles. The minimum Gasteiger partial charge on any atom is -0.330 e. The van der Waals surface area contributed by atoms with E-state index in [0.717, 1.165) is 17.3 Å². The summed E-state index contributed by atoms with van der Waals surface area (Å²) in [4.78, 5) is 0. The fraction of sp³-hybridized carbons (Fsp3) is 0.400. The van der Waals surface area contributed by atoms with Crippen LogP contribution >= 0.6 is 0 Å². The summed E-state index contributed by atoms with van der Waals surface area (Å²) in [5, 5.41) is 4.22. The van der Waals surface area contributed by atoms with Crippen molar-refractivity contribution >= 4 is 0 Å². The second-order valence-corrected chi connectivity index (χ2v) is 5.10. The quantitative estimate of drug-likeness (QED) is 0.944. The lowest BCUT2D eigenvalue weighted by Gasteiger charge is -2.15. The standard InChI is InChI=1S/C15H18F3N3/c1-9-10(2)20-21(11(9)3)14-5-4-12(6-7-19)8-13(14)15(16,17)18/h4-5,8H,6-7,19H2,1-3H3. The van der Waals surface area contributed by atoms with Crippen molar-refractivity contribution in [1.82, 2.24) is 9.78 Å². The van der Waals surface area contributed by atoms with E-state index in [4.69, 9.17) is 5.73 Å². The summed E-state index contributed by atoms with van der Waals surface area (Å²) in [5.74, 6) is 0. The first-order valence-electron chi connectivity index (χ1n) is 6.69. The van der Waals surface area contributed by atoms with Crippen molar-refractivity contribution in [2.45, 2.75) is 33.4 Å². The van der Waals surface area contributed by atoms with Crippen molar-refractivity contribution in [2.75, 3.05) is 6.54 Å². The second-order valence-electron chi connectivity index (χ2n) is 5.10. The molecule has 2 rings (SSSR count). The Balaban J connectivity index is 2.65. The van der Waals surface area contributed by atoms with Crippen LogP contribution in [0.25, 0.3) is 5.69 Å². The average Bonchev–Trinajstić information content (AvgIpc) is 2.66. The average molecular weight is 297 g/mol. The first kappa shape index (κ1) is 15.6. The predicted molar refractivity (Wildman–Crippen MR) is 75.5 cm³/mol. The molecule has 0 aliphatic carbocycles.